The van der Waals surface area contributed by atoms with Crippen LogP contribution in [0.25, 0.3) is 0 Å². The van der Waals surface area contributed by atoms with Gasteiger partial charge in [0.15, 0.2) is 5.78 Å². The van der Waals surface area contributed by atoms with Crippen molar-refractivity contribution in [3.63, 3.8) is 0 Å². The fourth-order valence-corrected chi connectivity index (χ4v) is 6.17. The van der Waals surface area contributed by atoms with Crippen molar-refractivity contribution in [1.82, 2.24) is 4.90 Å². The Balaban J connectivity index is 1.40. The summed E-state index contributed by atoms with van der Waals surface area (Å²) in [5.41, 5.74) is 6.35. The van der Waals surface area contributed by atoms with Crippen molar-refractivity contribution in [3.05, 3.63) is 101 Å². The molecule has 1 saturated heterocycles. The number of aryl methyl sites for hydroxylation is 2. The number of Topliss-reactive ketones (excluding diaryl/α,β-unsaturated/α-hetero) is 1. The van der Waals surface area contributed by atoms with E-state index >= 15 is 0 Å². The lowest BCUT2D eigenvalue weighted by atomic mass is 9.63. The van der Waals surface area contributed by atoms with Gasteiger partial charge in [-0.1, -0.05) is 66.2 Å². The minimum atomic E-state index is 0.196. The first-order valence-corrected chi connectivity index (χ1v) is 12.6. The standard InChI is InChI=1S/C31H35NO2/c1-23-7-5-8-25(17-23)20-32-21-31(22-32)16-6-10-26-9-3-4-11-29(26)30(33)19-27(31)18-24-12-14-28(34-2)15-13-24/h3-5,7-9,11-15,17,27H,6,10,16,18-22H2,1-2H3. The Labute approximate surface area is 203 Å². The molecule has 1 aliphatic carbocycles. The molecular weight excluding hydrogens is 418 g/mol. The number of fused-ring (bicyclic) bond motifs is 1. The summed E-state index contributed by atoms with van der Waals surface area (Å²) in [6, 6.07) is 25.5. The van der Waals surface area contributed by atoms with Gasteiger partial charge in [-0.2, -0.15) is 0 Å². The number of nitrogens with zero attached hydrogens (tertiary/aromatic N) is 1. The molecule has 2 aliphatic rings. The minimum absolute atomic E-state index is 0.196. The number of benzene rings is 3. The Morgan fingerprint density at radius 3 is 2.53 bits per heavy atom. The Hall–Kier alpha value is -2.91. The summed E-state index contributed by atoms with van der Waals surface area (Å²) in [7, 11) is 1.70. The Morgan fingerprint density at radius 2 is 1.76 bits per heavy atom. The van der Waals surface area contributed by atoms with Gasteiger partial charge in [0, 0.05) is 31.6 Å². The fourth-order valence-electron chi connectivity index (χ4n) is 6.17. The van der Waals surface area contributed by atoms with E-state index in [0.29, 0.717) is 18.1 Å². The van der Waals surface area contributed by atoms with Crippen molar-refractivity contribution in [2.75, 3.05) is 20.2 Å². The van der Waals surface area contributed by atoms with Gasteiger partial charge >= 0.3 is 0 Å². The number of methoxy groups -OCH3 is 1. The average Bonchev–Trinajstić information content (AvgIpc) is 2.87. The largest absolute Gasteiger partial charge is 0.497 e. The van der Waals surface area contributed by atoms with Crippen molar-refractivity contribution in [3.8, 4) is 5.75 Å². The van der Waals surface area contributed by atoms with Crippen molar-refractivity contribution in [2.45, 2.75) is 45.6 Å². The summed E-state index contributed by atoms with van der Waals surface area (Å²) in [5, 5.41) is 0. The quantitative estimate of drug-likeness (QED) is 0.456. The fraction of sp³-hybridized carbons (Fsp3) is 0.387. The SMILES string of the molecule is COc1ccc(CC2CC(=O)c3ccccc3CCCC23CN(Cc2cccc(C)c2)C3)cc1. The van der Waals surface area contributed by atoms with Crippen LogP contribution in [-0.4, -0.2) is 30.9 Å². The van der Waals surface area contributed by atoms with Gasteiger partial charge in [-0.05, 0) is 72.8 Å². The maximum atomic E-state index is 13.5. The molecule has 1 unspecified atom stereocenters. The summed E-state index contributed by atoms with van der Waals surface area (Å²) in [5.74, 6) is 1.53. The Bertz CT molecular complexity index is 1140. The van der Waals surface area contributed by atoms with Crippen molar-refractivity contribution in [2.24, 2.45) is 11.3 Å². The van der Waals surface area contributed by atoms with E-state index < -0.39 is 0 Å². The second kappa shape index (κ2) is 9.76. The number of carbonyl (C=O) groups is 1. The van der Waals surface area contributed by atoms with Crippen molar-refractivity contribution in [1.29, 1.82) is 0 Å². The molecule has 3 aromatic rings. The number of rotatable bonds is 5. The van der Waals surface area contributed by atoms with Crippen LogP contribution in [0.15, 0.2) is 72.8 Å². The van der Waals surface area contributed by atoms with Gasteiger partial charge in [0.2, 0.25) is 0 Å². The predicted molar refractivity (Wildman–Crippen MR) is 137 cm³/mol. The molecule has 3 nitrogen and oxygen atoms in total. The molecule has 5 rings (SSSR count). The summed E-state index contributed by atoms with van der Waals surface area (Å²) in [4.78, 5) is 16.1. The molecule has 1 spiro atoms. The van der Waals surface area contributed by atoms with Crippen LogP contribution in [0, 0.1) is 18.3 Å². The third-order valence-electron chi connectivity index (χ3n) is 7.94. The van der Waals surface area contributed by atoms with Crippen LogP contribution >= 0.6 is 0 Å². The smallest absolute Gasteiger partial charge is 0.163 e. The molecule has 1 atom stereocenters. The maximum Gasteiger partial charge on any atom is 0.163 e. The summed E-state index contributed by atoms with van der Waals surface area (Å²) < 4.78 is 5.36. The molecule has 0 saturated carbocycles. The van der Waals surface area contributed by atoms with Gasteiger partial charge in [-0.25, -0.2) is 0 Å². The van der Waals surface area contributed by atoms with Gasteiger partial charge in [0.1, 0.15) is 5.75 Å². The average molecular weight is 454 g/mol. The van der Waals surface area contributed by atoms with Gasteiger partial charge < -0.3 is 4.74 Å². The normalized spacial score (nSPS) is 20.1. The topological polar surface area (TPSA) is 29.5 Å². The van der Waals surface area contributed by atoms with Crippen LogP contribution < -0.4 is 4.74 Å². The first-order valence-electron chi connectivity index (χ1n) is 12.6. The molecule has 34 heavy (non-hydrogen) atoms. The summed E-state index contributed by atoms with van der Waals surface area (Å²) in [6.45, 7) is 5.30. The highest BCUT2D eigenvalue weighted by Crippen LogP contribution is 2.47. The zero-order valence-electron chi connectivity index (χ0n) is 20.4. The van der Waals surface area contributed by atoms with Crippen LogP contribution in [-0.2, 0) is 19.4 Å². The first-order chi connectivity index (χ1) is 16.5. The molecule has 0 bridgehead atoms. The predicted octanol–water partition coefficient (Wildman–Crippen LogP) is 6.27. The van der Waals surface area contributed by atoms with Crippen LogP contribution in [0.3, 0.4) is 0 Å². The highest BCUT2D eigenvalue weighted by Gasteiger charge is 2.48. The van der Waals surface area contributed by atoms with Crippen molar-refractivity contribution < 1.29 is 9.53 Å². The van der Waals surface area contributed by atoms with Crippen LogP contribution in [0.2, 0.25) is 0 Å². The lowest BCUT2D eigenvalue weighted by molar-refractivity contribution is -0.0598. The molecule has 176 valence electrons. The molecule has 1 aliphatic heterocycles. The van der Waals surface area contributed by atoms with E-state index in [-0.39, 0.29) is 5.41 Å². The van der Waals surface area contributed by atoms with E-state index in [1.807, 2.05) is 24.3 Å². The van der Waals surface area contributed by atoms with E-state index in [1.165, 1.54) is 28.7 Å². The number of hydrogen-bond donors (Lipinski definition) is 0. The summed E-state index contributed by atoms with van der Waals surface area (Å²) >= 11 is 0. The van der Waals surface area contributed by atoms with E-state index in [9.17, 15) is 4.79 Å². The monoisotopic (exact) mass is 453 g/mol. The zero-order chi connectivity index (χ0) is 23.5. The molecule has 0 amide bonds. The highest BCUT2D eigenvalue weighted by atomic mass is 16.5. The van der Waals surface area contributed by atoms with Gasteiger partial charge in [-0.15, -0.1) is 0 Å². The Kier molecular flexibility index (Phi) is 6.56. The first kappa shape index (κ1) is 22.9. The van der Waals surface area contributed by atoms with E-state index in [1.54, 1.807) is 7.11 Å². The molecule has 1 fully saturated rings. The van der Waals surface area contributed by atoms with Gasteiger partial charge in [0.05, 0.1) is 7.11 Å². The van der Waals surface area contributed by atoms with Crippen LogP contribution in [0.1, 0.15) is 51.9 Å². The highest BCUT2D eigenvalue weighted by molar-refractivity contribution is 5.97. The van der Waals surface area contributed by atoms with Crippen LogP contribution in [0.5, 0.6) is 5.75 Å². The lowest BCUT2D eigenvalue weighted by Crippen LogP contribution is -2.60. The van der Waals surface area contributed by atoms with E-state index in [2.05, 4.69) is 60.4 Å². The van der Waals surface area contributed by atoms with E-state index in [0.717, 1.165) is 50.2 Å². The third kappa shape index (κ3) is 4.81. The lowest BCUT2D eigenvalue weighted by Gasteiger charge is -2.55. The molecule has 3 heteroatoms. The zero-order valence-corrected chi connectivity index (χ0v) is 20.4. The maximum absolute atomic E-state index is 13.5. The number of ketones is 1. The summed E-state index contributed by atoms with van der Waals surface area (Å²) in [6.07, 6.45) is 4.88. The van der Waals surface area contributed by atoms with Gasteiger partial charge in [0.25, 0.3) is 0 Å². The molecule has 0 radical (unpaired) electrons. The third-order valence-corrected chi connectivity index (χ3v) is 7.94. The van der Waals surface area contributed by atoms with Crippen LogP contribution in [0.4, 0.5) is 0 Å². The second-order valence-electron chi connectivity index (χ2n) is 10.4. The Morgan fingerprint density at radius 1 is 0.971 bits per heavy atom. The molecule has 0 aromatic heterocycles. The second-order valence-corrected chi connectivity index (χ2v) is 10.4. The van der Waals surface area contributed by atoms with E-state index in [4.69, 9.17) is 4.74 Å². The van der Waals surface area contributed by atoms with Gasteiger partial charge in [-0.3, -0.25) is 9.69 Å². The number of ether oxygens (including phenoxy) is 1. The molecule has 3 aromatic carbocycles. The number of carbonyl (C=O) groups excluding carboxylic acids is 1. The molecular formula is C31H35NO2. The molecule has 1 heterocycles. The molecule has 0 N–H and O–H groups in total. The number of likely N-dealkylation sites (tertiary alicyclic amines) is 1. The number of hydrogen-bond acceptors (Lipinski definition) is 3. The van der Waals surface area contributed by atoms with Crippen molar-refractivity contribution >= 4 is 5.78 Å². The minimum Gasteiger partial charge on any atom is -0.497 e.